The number of carbonyl (C=O) groups is 1. The molecule has 4 rings (SSSR count). The van der Waals surface area contributed by atoms with Gasteiger partial charge < -0.3 is 15.2 Å². The first-order valence-corrected chi connectivity index (χ1v) is 8.37. The number of anilines is 1. The van der Waals surface area contributed by atoms with E-state index < -0.39 is 0 Å². The van der Waals surface area contributed by atoms with Gasteiger partial charge in [0.2, 0.25) is 5.91 Å². The minimum absolute atomic E-state index is 0.104. The third-order valence-corrected chi connectivity index (χ3v) is 4.74. The Kier molecular flexibility index (Phi) is 3.88. The minimum Gasteiger partial charge on any atom is -0.508 e. The summed E-state index contributed by atoms with van der Waals surface area (Å²) < 4.78 is 6.98. The van der Waals surface area contributed by atoms with Crippen LogP contribution in [0.2, 0.25) is 0 Å². The molecule has 1 amide bonds. The van der Waals surface area contributed by atoms with Crippen molar-refractivity contribution >= 4 is 11.7 Å². The zero-order valence-electron chi connectivity index (χ0n) is 14.6. The SMILES string of the molecule is COc1ccc(O)c(C2CC(=O)Nc3c2c(-c2ccccc2)nn3C)c1. The summed E-state index contributed by atoms with van der Waals surface area (Å²) >= 11 is 0. The maximum atomic E-state index is 12.3. The predicted molar refractivity (Wildman–Crippen MR) is 98.4 cm³/mol. The normalized spacial score (nSPS) is 16.1. The summed E-state index contributed by atoms with van der Waals surface area (Å²) in [5.74, 6) is 1.02. The van der Waals surface area contributed by atoms with E-state index in [2.05, 4.69) is 10.4 Å². The van der Waals surface area contributed by atoms with E-state index in [0.717, 1.165) is 16.8 Å². The van der Waals surface area contributed by atoms with E-state index >= 15 is 0 Å². The van der Waals surface area contributed by atoms with E-state index in [1.54, 1.807) is 37.0 Å². The number of ether oxygens (including phenoxy) is 1. The van der Waals surface area contributed by atoms with Gasteiger partial charge in [-0.25, -0.2) is 0 Å². The topological polar surface area (TPSA) is 76.4 Å². The number of nitrogens with zero attached hydrogens (tertiary/aromatic N) is 2. The Morgan fingerprint density at radius 1 is 1.23 bits per heavy atom. The molecule has 1 aliphatic heterocycles. The lowest BCUT2D eigenvalue weighted by Gasteiger charge is -2.25. The Hall–Kier alpha value is -3.28. The van der Waals surface area contributed by atoms with Gasteiger partial charge in [-0.3, -0.25) is 9.48 Å². The van der Waals surface area contributed by atoms with Crippen molar-refractivity contribution in [3.8, 4) is 22.8 Å². The number of nitrogens with one attached hydrogen (secondary N) is 1. The number of rotatable bonds is 3. The molecule has 1 atom stereocenters. The van der Waals surface area contributed by atoms with Gasteiger partial charge in [-0.15, -0.1) is 0 Å². The van der Waals surface area contributed by atoms with Crippen molar-refractivity contribution in [2.45, 2.75) is 12.3 Å². The monoisotopic (exact) mass is 349 g/mol. The minimum atomic E-state index is -0.308. The van der Waals surface area contributed by atoms with E-state index in [1.807, 2.05) is 30.3 Å². The van der Waals surface area contributed by atoms with Gasteiger partial charge in [-0.05, 0) is 18.2 Å². The summed E-state index contributed by atoms with van der Waals surface area (Å²) in [7, 11) is 3.38. The quantitative estimate of drug-likeness (QED) is 0.761. The highest BCUT2D eigenvalue weighted by molar-refractivity contribution is 5.96. The molecular formula is C20H19N3O3. The molecule has 6 heteroatoms. The molecule has 0 saturated carbocycles. The third-order valence-electron chi connectivity index (χ3n) is 4.74. The number of aromatic hydroxyl groups is 1. The van der Waals surface area contributed by atoms with Crippen molar-refractivity contribution in [1.82, 2.24) is 9.78 Å². The van der Waals surface area contributed by atoms with Crippen LogP contribution in [0.4, 0.5) is 5.82 Å². The molecule has 0 spiro atoms. The smallest absolute Gasteiger partial charge is 0.226 e. The Morgan fingerprint density at radius 2 is 2.00 bits per heavy atom. The van der Waals surface area contributed by atoms with Gasteiger partial charge >= 0.3 is 0 Å². The number of fused-ring (bicyclic) bond motifs is 1. The fourth-order valence-corrected chi connectivity index (χ4v) is 3.50. The van der Waals surface area contributed by atoms with E-state index in [9.17, 15) is 9.90 Å². The molecule has 0 aliphatic carbocycles. The predicted octanol–water partition coefficient (Wildman–Crippen LogP) is 3.28. The molecule has 26 heavy (non-hydrogen) atoms. The lowest BCUT2D eigenvalue weighted by atomic mass is 9.84. The molecule has 2 heterocycles. The average Bonchev–Trinajstić information content (AvgIpc) is 2.99. The van der Waals surface area contributed by atoms with Crippen LogP contribution in [0.1, 0.15) is 23.5 Å². The van der Waals surface area contributed by atoms with Crippen molar-refractivity contribution in [1.29, 1.82) is 0 Å². The number of aryl methyl sites for hydroxylation is 1. The molecule has 1 unspecified atom stereocenters. The number of carbonyl (C=O) groups excluding carboxylic acids is 1. The number of benzene rings is 2. The van der Waals surface area contributed by atoms with Crippen molar-refractivity contribution in [3.05, 3.63) is 59.7 Å². The number of hydrogen-bond acceptors (Lipinski definition) is 4. The summed E-state index contributed by atoms with van der Waals surface area (Å²) in [6.07, 6.45) is 0.235. The Labute approximate surface area is 151 Å². The maximum absolute atomic E-state index is 12.3. The van der Waals surface area contributed by atoms with E-state index in [-0.39, 0.29) is 24.0 Å². The summed E-state index contributed by atoms with van der Waals surface area (Å²) in [5, 5.41) is 18.0. The number of aromatic nitrogens is 2. The summed E-state index contributed by atoms with van der Waals surface area (Å²) in [4.78, 5) is 12.3. The zero-order chi connectivity index (χ0) is 18.3. The fraction of sp³-hybridized carbons (Fsp3) is 0.200. The van der Waals surface area contributed by atoms with Gasteiger partial charge in [0, 0.05) is 36.1 Å². The standard InChI is InChI=1S/C20H19N3O3/c1-23-20-18(19(22-23)12-6-4-3-5-7-12)15(11-17(25)21-20)14-10-13(26-2)8-9-16(14)24/h3-10,15,24H,11H2,1-2H3,(H,21,25). The zero-order valence-corrected chi connectivity index (χ0v) is 14.6. The lowest BCUT2D eigenvalue weighted by Crippen LogP contribution is -2.24. The maximum Gasteiger partial charge on any atom is 0.226 e. The number of phenolic OH excluding ortho intramolecular Hbond substituents is 1. The molecular weight excluding hydrogens is 330 g/mol. The van der Waals surface area contributed by atoms with Crippen LogP contribution in [0.25, 0.3) is 11.3 Å². The van der Waals surface area contributed by atoms with Crippen LogP contribution in [0.15, 0.2) is 48.5 Å². The van der Waals surface area contributed by atoms with Crippen LogP contribution in [-0.2, 0) is 11.8 Å². The van der Waals surface area contributed by atoms with E-state index in [0.29, 0.717) is 17.1 Å². The first-order valence-electron chi connectivity index (χ1n) is 8.37. The van der Waals surface area contributed by atoms with Gasteiger partial charge in [0.15, 0.2) is 0 Å². The van der Waals surface area contributed by atoms with Gasteiger partial charge in [0.1, 0.15) is 17.3 Å². The van der Waals surface area contributed by atoms with Crippen LogP contribution >= 0.6 is 0 Å². The van der Waals surface area contributed by atoms with Gasteiger partial charge in [-0.1, -0.05) is 30.3 Å². The summed E-state index contributed by atoms with van der Waals surface area (Å²) in [6, 6.07) is 14.9. The number of phenols is 1. The van der Waals surface area contributed by atoms with Crippen LogP contribution in [0.3, 0.4) is 0 Å². The second kappa shape index (κ2) is 6.22. The molecule has 6 nitrogen and oxygen atoms in total. The molecule has 2 N–H and O–H groups in total. The third kappa shape index (κ3) is 2.60. The van der Waals surface area contributed by atoms with Crippen molar-refractivity contribution in [2.24, 2.45) is 7.05 Å². The van der Waals surface area contributed by atoms with Crippen LogP contribution in [0, 0.1) is 0 Å². The summed E-state index contributed by atoms with van der Waals surface area (Å²) in [6.45, 7) is 0. The molecule has 1 aromatic heterocycles. The van der Waals surface area contributed by atoms with Gasteiger partial charge in [0.25, 0.3) is 0 Å². The average molecular weight is 349 g/mol. The van der Waals surface area contributed by atoms with Crippen molar-refractivity contribution in [3.63, 3.8) is 0 Å². The van der Waals surface area contributed by atoms with E-state index in [4.69, 9.17) is 4.74 Å². The summed E-state index contributed by atoms with van der Waals surface area (Å²) in [5.41, 5.74) is 3.33. The molecule has 2 aromatic carbocycles. The second-order valence-electron chi connectivity index (χ2n) is 6.33. The number of amides is 1. The van der Waals surface area contributed by atoms with E-state index in [1.165, 1.54) is 0 Å². The highest BCUT2D eigenvalue weighted by Gasteiger charge is 2.34. The Bertz CT molecular complexity index is 979. The molecule has 3 aromatic rings. The van der Waals surface area contributed by atoms with Crippen LogP contribution in [-0.4, -0.2) is 27.9 Å². The molecule has 0 fully saturated rings. The second-order valence-corrected chi connectivity index (χ2v) is 6.33. The largest absolute Gasteiger partial charge is 0.508 e. The Morgan fingerprint density at radius 3 is 2.73 bits per heavy atom. The van der Waals surface area contributed by atoms with Gasteiger partial charge in [0.05, 0.1) is 12.8 Å². The molecule has 0 radical (unpaired) electrons. The molecule has 0 saturated heterocycles. The lowest BCUT2D eigenvalue weighted by molar-refractivity contribution is -0.116. The van der Waals surface area contributed by atoms with Crippen molar-refractivity contribution in [2.75, 3.05) is 12.4 Å². The first kappa shape index (κ1) is 16.2. The molecule has 132 valence electrons. The highest BCUT2D eigenvalue weighted by atomic mass is 16.5. The van der Waals surface area contributed by atoms with Gasteiger partial charge in [-0.2, -0.15) is 5.10 Å². The first-order chi connectivity index (χ1) is 12.6. The van der Waals surface area contributed by atoms with Crippen LogP contribution < -0.4 is 10.1 Å². The van der Waals surface area contributed by atoms with Crippen LogP contribution in [0.5, 0.6) is 11.5 Å². The fourth-order valence-electron chi connectivity index (χ4n) is 3.50. The number of methoxy groups -OCH3 is 1. The Balaban J connectivity index is 1.94. The number of hydrogen-bond donors (Lipinski definition) is 2. The highest BCUT2D eigenvalue weighted by Crippen LogP contribution is 2.45. The molecule has 1 aliphatic rings. The molecule has 0 bridgehead atoms. The van der Waals surface area contributed by atoms with Crippen molar-refractivity contribution < 1.29 is 14.6 Å².